The molecule has 0 saturated carbocycles. The van der Waals surface area contributed by atoms with Crippen molar-refractivity contribution in [3.8, 4) is 0 Å². The minimum Gasteiger partial charge on any atom is -0.323 e. The Morgan fingerprint density at radius 1 is 1.41 bits per heavy atom. The Morgan fingerprint density at radius 2 is 2.18 bits per heavy atom. The lowest BCUT2D eigenvalue weighted by molar-refractivity contribution is 0.174. The summed E-state index contributed by atoms with van der Waals surface area (Å²) in [5, 5.41) is 3.25. The van der Waals surface area contributed by atoms with Gasteiger partial charge in [0, 0.05) is 31.7 Å². The number of hydrogen-bond donors (Lipinski definition) is 2. The molecule has 1 saturated heterocycles. The topological polar surface area (TPSA) is 41.3 Å². The molecule has 5 heteroatoms. The first-order valence-electron chi connectivity index (χ1n) is 5.71. The fourth-order valence-electron chi connectivity index (χ4n) is 2.17. The smallest absolute Gasteiger partial charge is 0.159 e. The van der Waals surface area contributed by atoms with Gasteiger partial charge in [-0.05, 0) is 24.7 Å². The average Bonchev–Trinajstić information content (AvgIpc) is 2.32. The van der Waals surface area contributed by atoms with Crippen LogP contribution < -0.4 is 11.1 Å². The number of nitrogens with one attached hydrogen (secondary N) is 1. The standard InChI is InChI=1S/C12H17F2N3/c1-17-5-4-16-7-11(17)12(15)8-2-3-9(13)10(14)6-8/h2-3,6,11-12,16H,4-5,7,15H2,1H3. The second-order valence-corrected chi connectivity index (χ2v) is 4.45. The van der Waals surface area contributed by atoms with Crippen LogP contribution in [0.4, 0.5) is 8.78 Å². The molecule has 1 aromatic rings. The van der Waals surface area contributed by atoms with Gasteiger partial charge in [0.05, 0.1) is 0 Å². The number of likely N-dealkylation sites (N-methyl/N-ethyl adjacent to an activating group) is 1. The highest BCUT2D eigenvalue weighted by atomic mass is 19.2. The van der Waals surface area contributed by atoms with Gasteiger partial charge in [-0.3, -0.25) is 4.90 Å². The lowest BCUT2D eigenvalue weighted by atomic mass is 9.97. The summed E-state index contributed by atoms with van der Waals surface area (Å²) in [5.74, 6) is -1.68. The van der Waals surface area contributed by atoms with Crippen molar-refractivity contribution in [2.24, 2.45) is 5.73 Å². The molecule has 0 bridgehead atoms. The molecular formula is C12H17F2N3. The second kappa shape index (κ2) is 5.08. The normalized spacial score (nSPS) is 23.6. The Hall–Kier alpha value is -1.04. The Bertz CT molecular complexity index is 397. The summed E-state index contributed by atoms with van der Waals surface area (Å²) in [6.07, 6.45) is 0. The SMILES string of the molecule is CN1CCNCC1C(N)c1ccc(F)c(F)c1. The van der Waals surface area contributed by atoms with Crippen molar-refractivity contribution in [1.82, 2.24) is 10.2 Å². The van der Waals surface area contributed by atoms with Gasteiger partial charge in [0.15, 0.2) is 11.6 Å². The van der Waals surface area contributed by atoms with Crippen molar-refractivity contribution in [3.05, 3.63) is 35.4 Å². The summed E-state index contributed by atoms with van der Waals surface area (Å²) < 4.78 is 26.0. The molecule has 17 heavy (non-hydrogen) atoms. The van der Waals surface area contributed by atoms with Gasteiger partial charge in [-0.15, -0.1) is 0 Å². The van der Waals surface area contributed by atoms with E-state index in [2.05, 4.69) is 10.2 Å². The van der Waals surface area contributed by atoms with Crippen LogP contribution in [-0.2, 0) is 0 Å². The third-order valence-electron chi connectivity index (χ3n) is 3.30. The van der Waals surface area contributed by atoms with Gasteiger partial charge in [-0.1, -0.05) is 6.07 Å². The van der Waals surface area contributed by atoms with Crippen LogP contribution in [0.2, 0.25) is 0 Å². The summed E-state index contributed by atoms with van der Waals surface area (Å²) in [5.41, 5.74) is 6.74. The number of nitrogens with two attached hydrogens (primary N) is 1. The summed E-state index contributed by atoms with van der Waals surface area (Å²) in [6, 6.07) is 3.64. The minimum absolute atomic E-state index is 0.105. The first-order chi connectivity index (χ1) is 8.09. The van der Waals surface area contributed by atoms with Crippen molar-refractivity contribution in [2.75, 3.05) is 26.7 Å². The molecule has 2 rings (SSSR count). The molecular weight excluding hydrogens is 224 g/mol. The highest BCUT2D eigenvalue weighted by Gasteiger charge is 2.26. The van der Waals surface area contributed by atoms with E-state index in [1.165, 1.54) is 6.07 Å². The van der Waals surface area contributed by atoms with E-state index in [-0.39, 0.29) is 12.1 Å². The zero-order valence-electron chi connectivity index (χ0n) is 9.79. The molecule has 0 amide bonds. The van der Waals surface area contributed by atoms with Crippen LogP contribution in [0, 0.1) is 11.6 Å². The van der Waals surface area contributed by atoms with E-state index >= 15 is 0 Å². The molecule has 1 heterocycles. The molecule has 1 aliphatic heterocycles. The van der Waals surface area contributed by atoms with Crippen LogP contribution in [-0.4, -0.2) is 37.6 Å². The van der Waals surface area contributed by atoms with Crippen LogP contribution >= 0.6 is 0 Å². The maximum atomic E-state index is 13.1. The lowest BCUT2D eigenvalue weighted by Crippen LogP contribution is -2.53. The van der Waals surface area contributed by atoms with E-state index in [1.807, 2.05) is 7.05 Å². The van der Waals surface area contributed by atoms with Gasteiger partial charge in [-0.2, -0.15) is 0 Å². The Kier molecular flexibility index (Phi) is 3.71. The number of hydrogen-bond acceptors (Lipinski definition) is 3. The van der Waals surface area contributed by atoms with Crippen LogP contribution in [0.3, 0.4) is 0 Å². The fraction of sp³-hybridized carbons (Fsp3) is 0.500. The van der Waals surface area contributed by atoms with Crippen LogP contribution in [0.5, 0.6) is 0 Å². The maximum absolute atomic E-state index is 13.1. The van der Waals surface area contributed by atoms with Gasteiger partial charge in [-0.25, -0.2) is 8.78 Å². The van der Waals surface area contributed by atoms with E-state index in [1.54, 1.807) is 6.07 Å². The predicted molar refractivity (Wildman–Crippen MR) is 62.6 cm³/mol. The van der Waals surface area contributed by atoms with Gasteiger partial charge < -0.3 is 11.1 Å². The molecule has 3 N–H and O–H groups in total. The molecule has 0 spiro atoms. The van der Waals surface area contributed by atoms with E-state index in [0.717, 1.165) is 25.7 Å². The largest absolute Gasteiger partial charge is 0.323 e. The van der Waals surface area contributed by atoms with Crippen molar-refractivity contribution in [2.45, 2.75) is 12.1 Å². The zero-order chi connectivity index (χ0) is 12.4. The van der Waals surface area contributed by atoms with E-state index < -0.39 is 11.6 Å². The molecule has 0 radical (unpaired) electrons. The Labute approximate surface area is 99.6 Å². The third kappa shape index (κ3) is 2.62. The van der Waals surface area contributed by atoms with Gasteiger partial charge in [0.1, 0.15) is 0 Å². The number of piperazine rings is 1. The van der Waals surface area contributed by atoms with E-state index in [9.17, 15) is 8.78 Å². The van der Waals surface area contributed by atoms with Crippen LogP contribution in [0.1, 0.15) is 11.6 Å². The number of halogens is 2. The average molecular weight is 241 g/mol. The first-order valence-corrected chi connectivity index (χ1v) is 5.71. The van der Waals surface area contributed by atoms with E-state index in [0.29, 0.717) is 5.56 Å². The molecule has 1 aliphatic rings. The lowest BCUT2D eigenvalue weighted by Gasteiger charge is -2.37. The molecule has 0 aliphatic carbocycles. The molecule has 1 aromatic carbocycles. The fourth-order valence-corrected chi connectivity index (χ4v) is 2.17. The predicted octanol–water partition coefficient (Wildman–Crippen LogP) is 0.868. The zero-order valence-corrected chi connectivity index (χ0v) is 9.79. The highest BCUT2D eigenvalue weighted by molar-refractivity contribution is 5.22. The molecule has 3 nitrogen and oxygen atoms in total. The van der Waals surface area contributed by atoms with Gasteiger partial charge in [0.25, 0.3) is 0 Å². The maximum Gasteiger partial charge on any atom is 0.159 e. The van der Waals surface area contributed by atoms with Crippen LogP contribution in [0.15, 0.2) is 18.2 Å². The van der Waals surface area contributed by atoms with Gasteiger partial charge in [0.2, 0.25) is 0 Å². The highest BCUT2D eigenvalue weighted by Crippen LogP contribution is 2.20. The van der Waals surface area contributed by atoms with Crippen molar-refractivity contribution >= 4 is 0 Å². The van der Waals surface area contributed by atoms with Crippen molar-refractivity contribution in [1.29, 1.82) is 0 Å². The summed E-state index contributed by atoms with van der Waals surface area (Å²) in [6.45, 7) is 2.59. The molecule has 2 atom stereocenters. The first kappa shape index (κ1) is 12.4. The molecule has 1 fully saturated rings. The van der Waals surface area contributed by atoms with Crippen molar-refractivity contribution in [3.63, 3.8) is 0 Å². The Morgan fingerprint density at radius 3 is 2.82 bits per heavy atom. The summed E-state index contributed by atoms with van der Waals surface area (Å²) in [7, 11) is 1.99. The monoisotopic (exact) mass is 241 g/mol. The van der Waals surface area contributed by atoms with Gasteiger partial charge >= 0.3 is 0 Å². The Balaban J connectivity index is 2.17. The van der Waals surface area contributed by atoms with Crippen LogP contribution in [0.25, 0.3) is 0 Å². The molecule has 0 aromatic heterocycles. The summed E-state index contributed by atoms with van der Waals surface area (Å²) in [4.78, 5) is 2.14. The molecule has 2 unspecified atom stereocenters. The quantitative estimate of drug-likeness (QED) is 0.807. The van der Waals surface area contributed by atoms with Crippen molar-refractivity contribution < 1.29 is 8.78 Å². The molecule has 94 valence electrons. The second-order valence-electron chi connectivity index (χ2n) is 4.45. The number of benzene rings is 1. The minimum atomic E-state index is -0.843. The number of rotatable bonds is 2. The summed E-state index contributed by atoms with van der Waals surface area (Å²) >= 11 is 0. The number of nitrogens with zero attached hydrogens (tertiary/aromatic N) is 1. The third-order valence-corrected chi connectivity index (χ3v) is 3.30. The van der Waals surface area contributed by atoms with E-state index in [4.69, 9.17) is 5.73 Å².